The lowest BCUT2D eigenvalue weighted by Gasteiger charge is -2.16. The lowest BCUT2D eigenvalue weighted by Crippen LogP contribution is -2.29. The van der Waals surface area contributed by atoms with Crippen molar-refractivity contribution in [3.63, 3.8) is 0 Å². The Labute approximate surface area is 171 Å². The number of halogens is 1. The minimum Gasteiger partial charge on any atom is -0.496 e. The number of para-hydroxylation sites is 1. The van der Waals surface area contributed by atoms with E-state index in [0.717, 1.165) is 4.90 Å². The van der Waals surface area contributed by atoms with Crippen LogP contribution in [0.15, 0.2) is 66.7 Å². The topological polar surface area (TPSA) is 75.7 Å². The van der Waals surface area contributed by atoms with Crippen LogP contribution in [0, 0.1) is 0 Å². The van der Waals surface area contributed by atoms with E-state index in [0.29, 0.717) is 33.8 Å². The molecule has 1 N–H and O–H groups in total. The quantitative estimate of drug-likeness (QED) is 0.651. The number of amides is 3. The van der Waals surface area contributed by atoms with E-state index in [1.54, 1.807) is 60.7 Å². The molecule has 0 bridgehead atoms. The molecule has 1 aliphatic heterocycles. The van der Waals surface area contributed by atoms with Crippen molar-refractivity contribution in [1.29, 1.82) is 0 Å². The number of fused-ring (bicyclic) bond motifs is 1. The first kappa shape index (κ1) is 18.7. The summed E-state index contributed by atoms with van der Waals surface area (Å²) in [7, 11) is 1.48. The Balaban J connectivity index is 1.60. The van der Waals surface area contributed by atoms with Gasteiger partial charge in [-0.3, -0.25) is 14.4 Å². The molecule has 0 spiro atoms. The maximum absolute atomic E-state index is 12.6. The molecule has 0 saturated heterocycles. The number of methoxy groups -OCH3 is 1. The molecule has 0 unspecified atom stereocenters. The Morgan fingerprint density at radius 2 is 1.55 bits per heavy atom. The van der Waals surface area contributed by atoms with Crippen LogP contribution >= 0.6 is 11.6 Å². The predicted molar refractivity (Wildman–Crippen MR) is 110 cm³/mol. The molecule has 1 aliphatic rings. The highest BCUT2D eigenvalue weighted by Gasteiger charge is 2.36. The van der Waals surface area contributed by atoms with Crippen LogP contribution in [0.2, 0.25) is 5.02 Å². The molecule has 29 heavy (non-hydrogen) atoms. The summed E-state index contributed by atoms with van der Waals surface area (Å²) >= 11 is 6.32. The van der Waals surface area contributed by atoms with Crippen LogP contribution in [0.5, 0.6) is 5.75 Å². The summed E-state index contributed by atoms with van der Waals surface area (Å²) in [4.78, 5) is 38.9. The zero-order chi connectivity index (χ0) is 20.5. The summed E-state index contributed by atoms with van der Waals surface area (Å²) in [6.07, 6.45) is 0. The van der Waals surface area contributed by atoms with Crippen molar-refractivity contribution in [3.05, 3.63) is 88.4 Å². The van der Waals surface area contributed by atoms with E-state index in [1.165, 1.54) is 13.2 Å². The first-order valence-electron chi connectivity index (χ1n) is 8.73. The molecule has 1 heterocycles. The number of ether oxygens (including phenoxy) is 1. The summed E-state index contributed by atoms with van der Waals surface area (Å²) in [5.74, 6) is -0.776. The van der Waals surface area contributed by atoms with Crippen LogP contribution < -0.4 is 15.0 Å². The minimum absolute atomic E-state index is 0.197. The van der Waals surface area contributed by atoms with E-state index in [2.05, 4.69) is 5.32 Å². The van der Waals surface area contributed by atoms with Gasteiger partial charge in [0.25, 0.3) is 17.7 Å². The van der Waals surface area contributed by atoms with Gasteiger partial charge in [0.15, 0.2) is 0 Å². The Morgan fingerprint density at radius 3 is 2.17 bits per heavy atom. The van der Waals surface area contributed by atoms with Crippen LogP contribution in [0.1, 0.15) is 31.1 Å². The second kappa shape index (κ2) is 7.41. The molecule has 0 aliphatic carbocycles. The lowest BCUT2D eigenvalue weighted by molar-refractivity contribution is 0.0924. The lowest BCUT2D eigenvalue weighted by atomic mass is 10.1. The Kier molecular flexibility index (Phi) is 4.78. The maximum atomic E-state index is 12.6. The van der Waals surface area contributed by atoms with Gasteiger partial charge in [-0.25, -0.2) is 4.90 Å². The average molecular weight is 407 g/mol. The van der Waals surface area contributed by atoms with E-state index in [9.17, 15) is 14.4 Å². The molecule has 3 amide bonds. The highest BCUT2D eigenvalue weighted by molar-refractivity contribution is 6.37. The molecule has 6 nitrogen and oxygen atoms in total. The fraction of sp³-hybridized carbons (Fsp3) is 0.0455. The first-order chi connectivity index (χ1) is 14.0. The summed E-state index contributed by atoms with van der Waals surface area (Å²) in [6.45, 7) is 0. The highest BCUT2D eigenvalue weighted by atomic mass is 35.5. The van der Waals surface area contributed by atoms with Gasteiger partial charge in [-0.15, -0.1) is 0 Å². The molecule has 4 rings (SSSR count). The van der Waals surface area contributed by atoms with Crippen molar-refractivity contribution < 1.29 is 19.1 Å². The van der Waals surface area contributed by atoms with E-state index in [4.69, 9.17) is 16.3 Å². The van der Waals surface area contributed by atoms with Crippen LogP contribution in [-0.2, 0) is 0 Å². The molecule has 3 aromatic rings. The third-order valence-electron chi connectivity index (χ3n) is 4.60. The van der Waals surface area contributed by atoms with Gasteiger partial charge in [0, 0.05) is 0 Å². The molecule has 0 atom stereocenters. The van der Waals surface area contributed by atoms with Gasteiger partial charge in [-0.05, 0) is 42.5 Å². The van der Waals surface area contributed by atoms with Crippen molar-refractivity contribution in [2.45, 2.75) is 0 Å². The van der Waals surface area contributed by atoms with Gasteiger partial charge >= 0.3 is 0 Å². The number of anilines is 2. The Hall–Kier alpha value is -3.64. The number of hydrogen-bond acceptors (Lipinski definition) is 4. The molecule has 7 heteroatoms. The van der Waals surface area contributed by atoms with Crippen molar-refractivity contribution in [2.24, 2.45) is 0 Å². The fourth-order valence-corrected chi connectivity index (χ4v) is 3.41. The van der Waals surface area contributed by atoms with Crippen molar-refractivity contribution in [2.75, 3.05) is 17.3 Å². The van der Waals surface area contributed by atoms with Crippen molar-refractivity contribution in [3.8, 4) is 5.75 Å². The molecule has 3 aromatic carbocycles. The summed E-state index contributed by atoms with van der Waals surface area (Å²) < 4.78 is 5.20. The van der Waals surface area contributed by atoms with Gasteiger partial charge in [0.2, 0.25) is 0 Å². The molecule has 0 fully saturated rings. The molecule has 144 valence electrons. The normalized spacial score (nSPS) is 12.7. The number of carbonyl (C=O) groups excluding carboxylic acids is 3. The molecule has 0 radical (unpaired) electrons. The fourth-order valence-electron chi connectivity index (χ4n) is 3.19. The zero-order valence-electron chi connectivity index (χ0n) is 15.3. The SMILES string of the molecule is COc1ccccc1C(=O)Nc1ccc(N2C(=O)c3ccccc3C2=O)cc1Cl. The van der Waals surface area contributed by atoms with Gasteiger partial charge in [-0.1, -0.05) is 35.9 Å². The summed E-state index contributed by atoms with van der Waals surface area (Å²) in [6, 6.07) is 18.0. The minimum atomic E-state index is -0.410. The Bertz CT molecular complexity index is 1120. The van der Waals surface area contributed by atoms with E-state index >= 15 is 0 Å². The van der Waals surface area contributed by atoms with Crippen molar-refractivity contribution in [1.82, 2.24) is 0 Å². The monoisotopic (exact) mass is 406 g/mol. The van der Waals surface area contributed by atoms with Crippen LogP contribution in [0.4, 0.5) is 11.4 Å². The van der Waals surface area contributed by atoms with E-state index < -0.39 is 17.7 Å². The third kappa shape index (κ3) is 3.23. The molecule has 0 saturated carbocycles. The van der Waals surface area contributed by atoms with Crippen LogP contribution in [-0.4, -0.2) is 24.8 Å². The number of rotatable bonds is 4. The van der Waals surface area contributed by atoms with Crippen LogP contribution in [0.25, 0.3) is 0 Å². The first-order valence-corrected chi connectivity index (χ1v) is 9.11. The smallest absolute Gasteiger partial charge is 0.266 e. The second-order valence-corrected chi connectivity index (χ2v) is 6.72. The molecular weight excluding hydrogens is 392 g/mol. The van der Waals surface area contributed by atoms with Crippen LogP contribution in [0.3, 0.4) is 0 Å². The number of nitrogens with one attached hydrogen (secondary N) is 1. The summed E-state index contributed by atoms with van der Waals surface area (Å²) in [5, 5.41) is 2.92. The van der Waals surface area contributed by atoms with Gasteiger partial charge in [0.05, 0.1) is 40.2 Å². The second-order valence-electron chi connectivity index (χ2n) is 6.31. The number of nitrogens with zero attached hydrogens (tertiary/aromatic N) is 1. The number of benzene rings is 3. The number of imide groups is 1. The third-order valence-corrected chi connectivity index (χ3v) is 4.92. The molecule has 0 aromatic heterocycles. The van der Waals surface area contributed by atoms with Gasteiger partial charge < -0.3 is 10.1 Å². The summed E-state index contributed by atoms with van der Waals surface area (Å²) in [5.41, 5.74) is 1.74. The van der Waals surface area contributed by atoms with Crippen molar-refractivity contribution >= 4 is 40.7 Å². The largest absolute Gasteiger partial charge is 0.496 e. The average Bonchev–Trinajstić information content (AvgIpc) is 3.00. The standard InChI is InChI=1S/C22H15ClN2O4/c1-29-19-9-5-4-8-16(19)20(26)24-18-11-10-13(12-17(18)23)25-21(27)14-6-2-3-7-15(14)22(25)28/h2-12H,1H3,(H,24,26). The zero-order valence-corrected chi connectivity index (χ0v) is 16.1. The number of hydrogen-bond donors (Lipinski definition) is 1. The predicted octanol–water partition coefficient (Wildman–Crippen LogP) is 4.40. The molecular formula is C22H15ClN2O4. The van der Waals surface area contributed by atoms with Gasteiger partial charge in [-0.2, -0.15) is 0 Å². The van der Waals surface area contributed by atoms with Gasteiger partial charge in [0.1, 0.15) is 5.75 Å². The Morgan fingerprint density at radius 1 is 0.931 bits per heavy atom. The van der Waals surface area contributed by atoms with E-state index in [-0.39, 0.29) is 5.02 Å². The highest BCUT2D eigenvalue weighted by Crippen LogP contribution is 2.33. The van der Waals surface area contributed by atoms with E-state index in [1.807, 2.05) is 0 Å². The maximum Gasteiger partial charge on any atom is 0.266 e. The number of carbonyl (C=O) groups is 3.